The maximum Gasteiger partial charge on any atom is 0.170 e. The van der Waals surface area contributed by atoms with E-state index in [4.69, 9.17) is 27.3 Å². The van der Waals surface area contributed by atoms with Crippen LogP contribution in [-0.4, -0.2) is 11.0 Å². The summed E-state index contributed by atoms with van der Waals surface area (Å²) in [5, 5.41) is 11.8. The van der Waals surface area contributed by atoms with Gasteiger partial charge >= 0.3 is 0 Å². The molecule has 2 aromatic rings. The molecule has 0 aliphatic carbocycles. The Morgan fingerprint density at radius 2 is 1.95 bits per heavy atom. The lowest BCUT2D eigenvalue weighted by molar-refractivity contribution is 0.318. The van der Waals surface area contributed by atoms with E-state index < -0.39 is 0 Å². The van der Waals surface area contributed by atoms with Crippen LogP contribution in [0, 0.1) is 12.7 Å². The van der Waals surface area contributed by atoms with Crippen LogP contribution in [-0.2, 0) is 0 Å². The average molecular weight is 295 g/mol. The smallest absolute Gasteiger partial charge is 0.170 e. The molecule has 0 atom stereocenters. The van der Waals surface area contributed by atoms with Crippen LogP contribution in [0.5, 0.6) is 11.5 Å². The van der Waals surface area contributed by atoms with Crippen molar-refractivity contribution in [1.82, 2.24) is 0 Å². The van der Waals surface area contributed by atoms with Crippen LogP contribution in [0.2, 0.25) is 5.02 Å². The van der Waals surface area contributed by atoms with E-state index in [9.17, 15) is 4.39 Å². The Labute approximate surface area is 120 Å². The first-order chi connectivity index (χ1) is 9.51. The molecule has 0 aliphatic heterocycles. The van der Waals surface area contributed by atoms with Crippen molar-refractivity contribution in [2.75, 3.05) is 0 Å². The van der Waals surface area contributed by atoms with Gasteiger partial charge in [0.05, 0.1) is 5.02 Å². The predicted octanol–water partition coefficient (Wildman–Crippen LogP) is 3.67. The molecule has 0 radical (unpaired) electrons. The monoisotopic (exact) mass is 294 g/mol. The maximum absolute atomic E-state index is 13.0. The molecule has 104 valence electrons. The molecule has 0 heterocycles. The van der Waals surface area contributed by atoms with E-state index in [-0.39, 0.29) is 11.7 Å². The van der Waals surface area contributed by atoms with Crippen molar-refractivity contribution in [2.45, 2.75) is 6.92 Å². The Hall–Kier alpha value is -2.27. The lowest BCUT2D eigenvalue weighted by Crippen LogP contribution is -2.12. The largest absolute Gasteiger partial charge is 0.456 e. The highest BCUT2D eigenvalue weighted by molar-refractivity contribution is 6.32. The summed E-state index contributed by atoms with van der Waals surface area (Å²) in [4.78, 5) is 0. The van der Waals surface area contributed by atoms with Gasteiger partial charge in [0.1, 0.15) is 17.3 Å². The first-order valence-corrected chi connectivity index (χ1v) is 6.10. The molecule has 20 heavy (non-hydrogen) atoms. The summed E-state index contributed by atoms with van der Waals surface area (Å²) in [5.41, 5.74) is 6.59. The molecule has 0 amide bonds. The van der Waals surface area contributed by atoms with Crippen LogP contribution < -0.4 is 10.5 Å². The van der Waals surface area contributed by atoms with Gasteiger partial charge in [-0.15, -0.1) is 0 Å². The number of halogens is 2. The molecule has 2 aromatic carbocycles. The molecule has 0 fully saturated rings. The van der Waals surface area contributed by atoms with Gasteiger partial charge in [0, 0.05) is 5.56 Å². The molecule has 0 unspecified atom stereocenters. The second-order valence-electron chi connectivity index (χ2n) is 4.14. The third-order valence-electron chi connectivity index (χ3n) is 2.69. The van der Waals surface area contributed by atoms with Crippen molar-refractivity contribution < 1.29 is 14.3 Å². The summed E-state index contributed by atoms with van der Waals surface area (Å²) >= 11 is 6.07. The summed E-state index contributed by atoms with van der Waals surface area (Å²) in [6.07, 6.45) is 0. The Morgan fingerprint density at radius 1 is 1.25 bits per heavy atom. The topological polar surface area (TPSA) is 67.8 Å². The number of amidine groups is 1. The van der Waals surface area contributed by atoms with Gasteiger partial charge < -0.3 is 15.7 Å². The zero-order chi connectivity index (χ0) is 14.7. The Balaban J connectivity index is 2.30. The van der Waals surface area contributed by atoms with Gasteiger partial charge in [-0.05, 0) is 48.9 Å². The number of nitrogens with zero attached hydrogens (tertiary/aromatic N) is 1. The zero-order valence-corrected chi connectivity index (χ0v) is 11.4. The summed E-state index contributed by atoms with van der Waals surface area (Å²) in [5.74, 6) is 0.528. The average Bonchev–Trinajstić information content (AvgIpc) is 2.42. The van der Waals surface area contributed by atoms with Gasteiger partial charge in [0.2, 0.25) is 0 Å². The number of oxime groups is 1. The van der Waals surface area contributed by atoms with E-state index >= 15 is 0 Å². The standard InChI is InChI=1S/C14H12ClFN2O2/c1-8-6-10(16)3-5-12(8)20-13-4-2-9(7-11(13)15)14(17)18-19/h2-7,19H,1H3,(H2,17,18). The normalized spacial score (nSPS) is 11.4. The molecule has 4 nitrogen and oxygen atoms in total. The van der Waals surface area contributed by atoms with E-state index in [1.165, 1.54) is 24.3 Å². The molecule has 0 saturated carbocycles. The van der Waals surface area contributed by atoms with Crippen molar-refractivity contribution in [3.8, 4) is 11.5 Å². The number of nitrogens with two attached hydrogens (primary N) is 1. The summed E-state index contributed by atoms with van der Waals surface area (Å²) in [7, 11) is 0. The van der Waals surface area contributed by atoms with Crippen molar-refractivity contribution >= 4 is 17.4 Å². The second kappa shape index (κ2) is 5.79. The minimum absolute atomic E-state index is 0.0450. The minimum Gasteiger partial charge on any atom is -0.456 e. The zero-order valence-electron chi connectivity index (χ0n) is 10.6. The maximum atomic E-state index is 13.0. The van der Waals surface area contributed by atoms with Gasteiger partial charge in [-0.25, -0.2) is 4.39 Å². The molecule has 0 saturated heterocycles. The molecule has 3 N–H and O–H groups in total. The number of hydrogen-bond donors (Lipinski definition) is 2. The van der Waals surface area contributed by atoms with Gasteiger partial charge in [-0.1, -0.05) is 16.8 Å². The predicted molar refractivity (Wildman–Crippen MR) is 75.2 cm³/mol. The van der Waals surface area contributed by atoms with E-state index in [1.54, 1.807) is 19.1 Å². The second-order valence-corrected chi connectivity index (χ2v) is 4.55. The molecule has 0 spiro atoms. The lowest BCUT2D eigenvalue weighted by Gasteiger charge is -2.11. The van der Waals surface area contributed by atoms with Gasteiger partial charge in [0.15, 0.2) is 5.84 Å². The van der Waals surface area contributed by atoms with Crippen molar-refractivity contribution in [3.63, 3.8) is 0 Å². The Kier molecular flexibility index (Phi) is 4.10. The summed E-state index contributed by atoms with van der Waals surface area (Å²) < 4.78 is 18.6. The van der Waals surface area contributed by atoms with Crippen molar-refractivity contribution in [2.24, 2.45) is 10.9 Å². The van der Waals surface area contributed by atoms with E-state index in [2.05, 4.69) is 5.16 Å². The number of aryl methyl sites for hydroxylation is 1. The molecule has 2 rings (SSSR count). The fourth-order valence-electron chi connectivity index (χ4n) is 1.65. The molecule has 0 bridgehead atoms. The number of rotatable bonds is 3. The highest BCUT2D eigenvalue weighted by atomic mass is 35.5. The molecule has 0 aromatic heterocycles. The first-order valence-electron chi connectivity index (χ1n) is 5.72. The molecule has 6 heteroatoms. The molecular weight excluding hydrogens is 283 g/mol. The minimum atomic E-state index is -0.330. The van der Waals surface area contributed by atoms with Crippen LogP contribution in [0.1, 0.15) is 11.1 Å². The van der Waals surface area contributed by atoms with E-state index in [0.29, 0.717) is 27.6 Å². The quantitative estimate of drug-likeness (QED) is 0.393. The number of benzene rings is 2. The van der Waals surface area contributed by atoms with Gasteiger partial charge in [0.25, 0.3) is 0 Å². The first kappa shape index (κ1) is 14.1. The SMILES string of the molecule is Cc1cc(F)ccc1Oc1ccc(/C(N)=N/O)cc1Cl. The van der Waals surface area contributed by atoms with Crippen LogP contribution in [0.3, 0.4) is 0 Å². The van der Waals surface area contributed by atoms with Gasteiger partial charge in [-0.3, -0.25) is 0 Å². The molecule has 0 aliphatic rings. The van der Waals surface area contributed by atoms with Gasteiger partial charge in [-0.2, -0.15) is 0 Å². The van der Waals surface area contributed by atoms with Crippen LogP contribution in [0.25, 0.3) is 0 Å². The van der Waals surface area contributed by atoms with Crippen molar-refractivity contribution in [1.29, 1.82) is 0 Å². The van der Waals surface area contributed by atoms with Crippen LogP contribution >= 0.6 is 11.6 Å². The Morgan fingerprint density at radius 3 is 2.55 bits per heavy atom. The fraction of sp³-hybridized carbons (Fsp3) is 0.0714. The Bertz CT molecular complexity index is 674. The third kappa shape index (κ3) is 3.00. The lowest BCUT2D eigenvalue weighted by atomic mass is 10.2. The van der Waals surface area contributed by atoms with E-state index in [0.717, 1.165) is 0 Å². The third-order valence-corrected chi connectivity index (χ3v) is 2.99. The highest BCUT2D eigenvalue weighted by Gasteiger charge is 2.09. The summed E-state index contributed by atoms with van der Waals surface area (Å²) in [6.45, 7) is 1.73. The fourth-order valence-corrected chi connectivity index (χ4v) is 1.87. The number of ether oxygens (including phenoxy) is 1. The van der Waals surface area contributed by atoms with Crippen LogP contribution in [0.4, 0.5) is 4.39 Å². The van der Waals surface area contributed by atoms with Crippen LogP contribution in [0.15, 0.2) is 41.6 Å². The van der Waals surface area contributed by atoms with E-state index in [1.807, 2.05) is 0 Å². The molecular formula is C14H12ClFN2O2. The highest BCUT2D eigenvalue weighted by Crippen LogP contribution is 2.31. The number of hydrogen-bond acceptors (Lipinski definition) is 3. The summed E-state index contributed by atoms with van der Waals surface area (Å²) in [6, 6.07) is 8.92. The van der Waals surface area contributed by atoms with Crippen molar-refractivity contribution in [3.05, 3.63) is 58.4 Å².